The smallest absolute Gasteiger partial charge is 0.261 e. The molecule has 2 rings (SSSR count). The van der Waals surface area contributed by atoms with Gasteiger partial charge >= 0.3 is 0 Å². The van der Waals surface area contributed by atoms with Crippen LogP contribution in [0.4, 0.5) is 5.69 Å². The van der Waals surface area contributed by atoms with E-state index < -0.39 is 0 Å². The first-order chi connectivity index (χ1) is 8.24. The lowest BCUT2D eigenvalue weighted by Gasteiger charge is -2.04. The van der Waals surface area contributed by atoms with Crippen LogP contribution >= 0.6 is 12.2 Å². The first-order valence-corrected chi connectivity index (χ1v) is 5.22. The van der Waals surface area contributed by atoms with Gasteiger partial charge in [0.25, 0.3) is 5.89 Å². The summed E-state index contributed by atoms with van der Waals surface area (Å²) in [6, 6.07) is 5.29. The molecule has 0 atom stereocenters. The lowest BCUT2D eigenvalue weighted by molar-refractivity contribution is 0.404. The number of isothiocyanates is 1. The molecule has 0 amide bonds. The molecule has 1 heterocycles. The maximum atomic E-state index is 5.25. The van der Waals surface area contributed by atoms with Crippen molar-refractivity contribution >= 4 is 23.1 Å². The third kappa shape index (κ3) is 2.38. The Balaban J connectivity index is 2.51. The van der Waals surface area contributed by atoms with Gasteiger partial charge in [-0.05, 0) is 31.3 Å². The van der Waals surface area contributed by atoms with E-state index in [0.29, 0.717) is 23.2 Å². The number of hydrogen-bond acceptors (Lipinski definition) is 6. The number of thiocarbonyl (C=S) groups is 1. The Morgan fingerprint density at radius 1 is 1.47 bits per heavy atom. The molecule has 0 saturated carbocycles. The normalized spacial score (nSPS) is 9.76. The van der Waals surface area contributed by atoms with Crippen molar-refractivity contribution in [2.75, 3.05) is 7.11 Å². The van der Waals surface area contributed by atoms with Crippen LogP contribution in [0.15, 0.2) is 27.7 Å². The minimum atomic E-state index is 0.414. The Hall–Kier alpha value is -2.04. The van der Waals surface area contributed by atoms with Crippen LogP contribution in [0.25, 0.3) is 11.5 Å². The molecule has 0 spiro atoms. The fourth-order valence-electron chi connectivity index (χ4n) is 1.39. The maximum Gasteiger partial charge on any atom is 0.261 e. The van der Waals surface area contributed by atoms with Gasteiger partial charge in [0, 0.05) is 6.07 Å². The van der Waals surface area contributed by atoms with Gasteiger partial charge in [-0.2, -0.15) is 9.98 Å². The van der Waals surface area contributed by atoms with Crippen LogP contribution in [-0.4, -0.2) is 22.4 Å². The van der Waals surface area contributed by atoms with Gasteiger partial charge in [0.05, 0.1) is 23.5 Å². The molecule has 86 valence electrons. The van der Waals surface area contributed by atoms with E-state index in [-0.39, 0.29) is 0 Å². The summed E-state index contributed by atoms with van der Waals surface area (Å²) in [5.41, 5.74) is 1.38. The average Bonchev–Trinajstić information content (AvgIpc) is 2.76. The summed E-state index contributed by atoms with van der Waals surface area (Å²) in [6.07, 6.45) is 0. The van der Waals surface area contributed by atoms with Gasteiger partial charge in [-0.25, -0.2) is 0 Å². The van der Waals surface area contributed by atoms with E-state index in [0.717, 1.165) is 5.56 Å². The number of benzene rings is 1. The topological polar surface area (TPSA) is 60.5 Å². The van der Waals surface area contributed by atoms with Crippen LogP contribution in [0.1, 0.15) is 5.82 Å². The van der Waals surface area contributed by atoms with E-state index in [1.165, 1.54) is 0 Å². The molecular formula is C11H9N3O2S. The van der Waals surface area contributed by atoms with Gasteiger partial charge in [0.1, 0.15) is 5.75 Å². The van der Waals surface area contributed by atoms with Crippen LogP contribution in [0.2, 0.25) is 0 Å². The van der Waals surface area contributed by atoms with E-state index in [1.54, 1.807) is 32.2 Å². The van der Waals surface area contributed by atoms with Crippen LogP contribution in [0.3, 0.4) is 0 Å². The predicted octanol–water partition coefficient (Wildman–Crippen LogP) is 2.79. The minimum absolute atomic E-state index is 0.414. The zero-order chi connectivity index (χ0) is 12.3. The molecule has 0 aliphatic heterocycles. The Kier molecular flexibility index (Phi) is 3.27. The molecule has 6 heteroatoms. The van der Waals surface area contributed by atoms with Crippen LogP contribution in [0.5, 0.6) is 5.75 Å². The molecule has 5 nitrogen and oxygen atoms in total. The van der Waals surface area contributed by atoms with Crippen LogP contribution in [-0.2, 0) is 0 Å². The molecular weight excluding hydrogens is 238 g/mol. The number of ether oxygens (including phenoxy) is 1. The predicted molar refractivity (Wildman–Crippen MR) is 65.7 cm³/mol. The molecule has 0 bridgehead atoms. The Labute approximate surface area is 103 Å². The highest BCUT2D eigenvalue weighted by Gasteiger charge is 2.12. The molecule has 2 aromatic rings. The van der Waals surface area contributed by atoms with E-state index >= 15 is 0 Å². The van der Waals surface area contributed by atoms with Gasteiger partial charge in [0.2, 0.25) is 0 Å². The number of methoxy groups -OCH3 is 1. The Morgan fingerprint density at radius 2 is 2.29 bits per heavy atom. The van der Waals surface area contributed by atoms with Crippen molar-refractivity contribution in [3.8, 4) is 17.2 Å². The monoisotopic (exact) mass is 247 g/mol. The number of nitrogens with zero attached hydrogens (tertiary/aromatic N) is 3. The number of aliphatic imine (C=N–C) groups is 1. The van der Waals surface area contributed by atoms with Gasteiger partial charge in [-0.15, -0.1) is 0 Å². The summed E-state index contributed by atoms with van der Waals surface area (Å²) < 4.78 is 10.3. The highest BCUT2D eigenvalue weighted by molar-refractivity contribution is 7.78. The van der Waals surface area contributed by atoms with Crippen molar-refractivity contribution in [2.45, 2.75) is 6.92 Å². The fraction of sp³-hybridized carbons (Fsp3) is 0.182. The van der Waals surface area contributed by atoms with Crippen molar-refractivity contribution in [3.63, 3.8) is 0 Å². The Bertz CT molecular complexity index is 588. The summed E-state index contributed by atoms with van der Waals surface area (Å²) >= 11 is 4.54. The van der Waals surface area contributed by atoms with Crippen molar-refractivity contribution in [2.24, 2.45) is 4.99 Å². The second-order valence-electron chi connectivity index (χ2n) is 3.23. The minimum Gasteiger partial charge on any atom is -0.496 e. The molecule has 0 unspecified atom stereocenters. The quantitative estimate of drug-likeness (QED) is 0.616. The van der Waals surface area contributed by atoms with E-state index in [4.69, 9.17) is 9.26 Å². The summed E-state index contributed by atoms with van der Waals surface area (Å²) in [6.45, 7) is 1.75. The number of aryl methyl sites for hydroxylation is 1. The fourth-order valence-corrected chi connectivity index (χ4v) is 1.49. The SMILES string of the molecule is COc1cc(N=C=S)ccc1-c1nc(C)no1. The van der Waals surface area contributed by atoms with E-state index in [9.17, 15) is 0 Å². The number of aromatic nitrogens is 2. The third-order valence-electron chi connectivity index (χ3n) is 2.12. The molecule has 17 heavy (non-hydrogen) atoms. The first-order valence-electron chi connectivity index (χ1n) is 4.81. The largest absolute Gasteiger partial charge is 0.496 e. The third-order valence-corrected chi connectivity index (χ3v) is 2.21. The molecule has 0 N–H and O–H groups in total. The average molecular weight is 247 g/mol. The molecule has 0 aliphatic rings. The molecule has 0 radical (unpaired) electrons. The lowest BCUT2D eigenvalue weighted by Crippen LogP contribution is -1.87. The summed E-state index contributed by atoms with van der Waals surface area (Å²) in [4.78, 5) is 8.01. The molecule has 0 saturated heterocycles. The highest BCUT2D eigenvalue weighted by Crippen LogP contribution is 2.32. The first kappa shape index (κ1) is 11.4. The molecule has 0 fully saturated rings. The van der Waals surface area contributed by atoms with Gasteiger partial charge in [-0.1, -0.05) is 5.16 Å². The number of hydrogen-bond donors (Lipinski definition) is 0. The standard InChI is InChI=1S/C11H9N3O2S/c1-7-13-11(16-14-7)9-4-3-8(12-6-17)5-10(9)15-2/h3-5H,1-2H3. The lowest BCUT2D eigenvalue weighted by atomic mass is 10.2. The highest BCUT2D eigenvalue weighted by atomic mass is 32.1. The molecule has 0 aliphatic carbocycles. The van der Waals surface area contributed by atoms with Crippen molar-refractivity contribution in [1.82, 2.24) is 10.1 Å². The van der Waals surface area contributed by atoms with E-state index in [2.05, 4.69) is 32.5 Å². The van der Waals surface area contributed by atoms with Crippen molar-refractivity contribution < 1.29 is 9.26 Å². The number of rotatable bonds is 3. The second kappa shape index (κ2) is 4.86. The second-order valence-corrected chi connectivity index (χ2v) is 3.42. The van der Waals surface area contributed by atoms with Gasteiger partial charge in [0.15, 0.2) is 5.82 Å². The van der Waals surface area contributed by atoms with Crippen molar-refractivity contribution in [1.29, 1.82) is 0 Å². The van der Waals surface area contributed by atoms with Crippen molar-refractivity contribution in [3.05, 3.63) is 24.0 Å². The maximum absolute atomic E-state index is 5.25. The Morgan fingerprint density at radius 3 is 2.88 bits per heavy atom. The van der Waals surface area contributed by atoms with Gasteiger partial charge in [-0.3, -0.25) is 0 Å². The zero-order valence-electron chi connectivity index (χ0n) is 9.30. The summed E-state index contributed by atoms with van der Waals surface area (Å²) in [5.74, 6) is 1.58. The molecule has 1 aromatic heterocycles. The summed E-state index contributed by atoms with van der Waals surface area (Å²) in [7, 11) is 1.56. The van der Waals surface area contributed by atoms with Crippen LogP contribution < -0.4 is 4.74 Å². The zero-order valence-corrected chi connectivity index (χ0v) is 10.1. The van der Waals surface area contributed by atoms with Crippen LogP contribution in [0, 0.1) is 6.92 Å². The van der Waals surface area contributed by atoms with Gasteiger partial charge < -0.3 is 9.26 Å². The summed E-state index contributed by atoms with van der Waals surface area (Å²) in [5, 5.41) is 6.03. The van der Waals surface area contributed by atoms with E-state index in [1.807, 2.05) is 0 Å². The molecule has 1 aromatic carbocycles.